The summed E-state index contributed by atoms with van der Waals surface area (Å²) in [5, 5.41) is 5.53. The number of para-hydroxylation sites is 1. The highest BCUT2D eigenvalue weighted by Crippen LogP contribution is 2.15. The average Bonchev–Trinajstić information content (AvgIpc) is 2.31. The molecule has 0 saturated carbocycles. The number of hydrogen-bond acceptors (Lipinski definition) is 2. The Hall–Kier alpha value is -1.36. The first-order valence-corrected chi connectivity index (χ1v) is 6.92. The Morgan fingerprint density at radius 1 is 1.26 bits per heavy atom. The van der Waals surface area contributed by atoms with Crippen molar-refractivity contribution in [3.05, 3.63) is 29.8 Å². The van der Waals surface area contributed by atoms with Crippen molar-refractivity contribution in [3.8, 4) is 0 Å². The lowest BCUT2D eigenvalue weighted by Crippen LogP contribution is -2.38. The molecule has 2 N–H and O–H groups in total. The smallest absolute Gasteiger partial charge is 0.236 e. The number of hydrogen-bond donors (Lipinski definition) is 2. The van der Waals surface area contributed by atoms with Crippen molar-refractivity contribution in [1.29, 1.82) is 0 Å². The fraction of sp³-hybridized carbons (Fsp3) is 0.429. The van der Waals surface area contributed by atoms with Gasteiger partial charge in [-0.3, -0.25) is 9.59 Å². The molecule has 1 aromatic rings. The van der Waals surface area contributed by atoms with E-state index in [9.17, 15) is 9.59 Å². The van der Waals surface area contributed by atoms with E-state index >= 15 is 0 Å². The molecule has 0 unspecified atom stereocenters. The molecule has 5 heteroatoms. The lowest BCUT2D eigenvalue weighted by molar-refractivity contribution is -0.122. The summed E-state index contributed by atoms with van der Waals surface area (Å²) in [5.41, 5.74) is 1.82. The van der Waals surface area contributed by atoms with Gasteiger partial charge in [-0.2, -0.15) is 0 Å². The van der Waals surface area contributed by atoms with Gasteiger partial charge < -0.3 is 10.6 Å². The summed E-state index contributed by atoms with van der Waals surface area (Å²) < 4.78 is -0.612. The summed E-state index contributed by atoms with van der Waals surface area (Å²) >= 11 is 3.26. The Bertz CT molecular complexity index is 467. The number of carbonyl (C=O) groups excluding carboxylic acids is 2. The molecule has 2 amide bonds. The first kappa shape index (κ1) is 15.7. The molecule has 19 heavy (non-hydrogen) atoms. The molecule has 0 saturated heterocycles. The predicted octanol–water partition coefficient (Wildman–Crippen LogP) is 2.61. The summed E-state index contributed by atoms with van der Waals surface area (Å²) in [6.45, 7) is 5.78. The molecule has 0 heterocycles. The Kier molecular flexibility index (Phi) is 5.54. The zero-order valence-corrected chi connectivity index (χ0v) is 13.0. The summed E-state index contributed by atoms with van der Waals surface area (Å²) in [7, 11) is 0. The highest BCUT2D eigenvalue weighted by Gasteiger charge is 2.22. The van der Waals surface area contributed by atoms with Gasteiger partial charge in [0.1, 0.15) is 0 Å². The fourth-order valence-electron chi connectivity index (χ4n) is 1.43. The monoisotopic (exact) mass is 326 g/mol. The van der Waals surface area contributed by atoms with Gasteiger partial charge in [0, 0.05) is 18.7 Å². The molecule has 0 aliphatic heterocycles. The van der Waals surface area contributed by atoms with Gasteiger partial charge in [-0.15, -0.1) is 0 Å². The molecule has 0 spiro atoms. The van der Waals surface area contributed by atoms with Crippen LogP contribution in [0.15, 0.2) is 24.3 Å². The molecule has 0 bridgehead atoms. The van der Waals surface area contributed by atoms with Crippen molar-refractivity contribution in [2.75, 3.05) is 11.9 Å². The Morgan fingerprint density at radius 3 is 2.47 bits per heavy atom. The largest absolute Gasteiger partial charge is 0.354 e. The van der Waals surface area contributed by atoms with Crippen molar-refractivity contribution in [1.82, 2.24) is 5.32 Å². The van der Waals surface area contributed by atoms with Gasteiger partial charge in [0.2, 0.25) is 11.8 Å². The Balaban J connectivity index is 2.37. The Labute approximate surface area is 122 Å². The van der Waals surface area contributed by atoms with Crippen molar-refractivity contribution in [2.45, 2.75) is 31.5 Å². The van der Waals surface area contributed by atoms with E-state index < -0.39 is 4.32 Å². The van der Waals surface area contributed by atoms with E-state index in [4.69, 9.17) is 0 Å². The highest BCUT2D eigenvalue weighted by molar-refractivity contribution is 9.10. The highest BCUT2D eigenvalue weighted by atomic mass is 79.9. The van der Waals surface area contributed by atoms with Crippen molar-refractivity contribution in [2.24, 2.45) is 0 Å². The van der Waals surface area contributed by atoms with E-state index in [1.165, 1.54) is 0 Å². The second-order valence-electron chi connectivity index (χ2n) is 4.84. The molecular formula is C14H19BrN2O2. The summed E-state index contributed by atoms with van der Waals surface area (Å²) in [6, 6.07) is 7.58. The molecule has 104 valence electrons. The van der Waals surface area contributed by atoms with Crippen LogP contribution in [0.4, 0.5) is 5.69 Å². The number of amides is 2. The molecule has 0 aliphatic carbocycles. The van der Waals surface area contributed by atoms with Gasteiger partial charge >= 0.3 is 0 Å². The van der Waals surface area contributed by atoms with Gasteiger partial charge in [-0.05, 0) is 32.4 Å². The number of benzene rings is 1. The summed E-state index contributed by atoms with van der Waals surface area (Å²) in [4.78, 5) is 23.3. The third-order valence-corrected chi connectivity index (χ3v) is 2.96. The maximum Gasteiger partial charge on any atom is 0.236 e. The maximum absolute atomic E-state index is 11.7. The van der Waals surface area contributed by atoms with Gasteiger partial charge in [0.05, 0.1) is 4.32 Å². The summed E-state index contributed by atoms with van der Waals surface area (Å²) in [6.07, 6.45) is 0.253. The van der Waals surface area contributed by atoms with Gasteiger partial charge in [-0.1, -0.05) is 34.1 Å². The molecule has 4 nitrogen and oxygen atoms in total. The van der Waals surface area contributed by atoms with Gasteiger partial charge in [0.25, 0.3) is 0 Å². The van der Waals surface area contributed by atoms with E-state index in [2.05, 4.69) is 26.6 Å². The number of alkyl halides is 1. The lowest BCUT2D eigenvalue weighted by atomic mass is 10.2. The third-order valence-electron chi connectivity index (χ3n) is 2.60. The minimum atomic E-state index is -0.612. The van der Waals surface area contributed by atoms with Crippen LogP contribution in [0, 0.1) is 6.92 Å². The molecule has 0 fully saturated rings. The van der Waals surface area contributed by atoms with Crippen molar-refractivity contribution in [3.63, 3.8) is 0 Å². The second kappa shape index (κ2) is 6.70. The first-order valence-electron chi connectivity index (χ1n) is 6.13. The molecule has 0 aliphatic rings. The minimum Gasteiger partial charge on any atom is -0.354 e. The topological polar surface area (TPSA) is 58.2 Å². The second-order valence-corrected chi connectivity index (χ2v) is 6.82. The van der Waals surface area contributed by atoms with Gasteiger partial charge in [-0.25, -0.2) is 0 Å². The van der Waals surface area contributed by atoms with Crippen LogP contribution in [0.25, 0.3) is 0 Å². The minimum absolute atomic E-state index is 0.109. The molecule has 0 aromatic heterocycles. The first-order chi connectivity index (χ1) is 8.80. The van der Waals surface area contributed by atoms with Crippen LogP contribution in [0.1, 0.15) is 25.8 Å². The molecular weight excluding hydrogens is 308 g/mol. The zero-order chi connectivity index (χ0) is 14.5. The summed E-state index contributed by atoms with van der Waals surface area (Å²) in [5.74, 6) is -0.238. The van der Waals surface area contributed by atoms with Crippen LogP contribution in [-0.4, -0.2) is 22.7 Å². The number of aryl methyl sites for hydroxylation is 1. The normalized spacial score (nSPS) is 10.9. The fourth-order valence-corrected chi connectivity index (χ4v) is 1.57. The molecule has 0 radical (unpaired) electrons. The van der Waals surface area contributed by atoms with E-state index in [1.54, 1.807) is 13.8 Å². The van der Waals surface area contributed by atoms with Crippen LogP contribution in [0.3, 0.4) is 0 Å². The average molecular weight is 327 g/mol. The third kappa shape index (κ3) is 5.42. The number of halogens is 1. The van der Waals surface area contributed by atoms with Gasteiger partial charge in [0.15, 0.2) is 0 Å². The van der Waals surface area contributed by atoms with Crippen LogP contribution >= 0.6 is 15.9 Å². The number of rotatable bonds is 5. The standard InChI is InChI=1S/C14H19BrN2O2/c1-10-6-4-5-7-11(10)17-12(18)8-9-16-13(19)14(2,3)15/h4-7H,8-9H2,1-3H3,(H,16,19)(H,17,18). The molecule has 1 rings (SSSR count). The van der Waals surface area contributed by atoms with Crippen LogP contribution < -0.4 is 10.6 Å². The predicted molar refractivity (Wildman–Crippen MR) is 80.4 cm³/mol. The van der Waals surface area contributed by atoms with E-state index in [1.807, 2.05) is 31.2 Å². The zero-order valence-electron chi connectivity index (χ0n) is 11.4. The lowest BCUT2D eigenvalue weighted by Gasteiger charge is -2.15. The van der Waals surface area contributed by atoms with Crippen LogP contribution in [-0.2, 0) is 9.59 Å². The number of anilines is 1. The molecule has 1 aromatic carbocycles. The SMILES string of the molecule is Cc1ccccc1NC(=O)CCNC(=O)C(C)(C)Br. The Morgan fingerprint density at radius 2 is 1.89 bits per heavy atom. The van der Waals surface area contributed by atoms with Crippen LogP contribution in [0.2, 0.25) is 0 Å². The molecule has 0 atom stereocenters. The van der Waals surface area contributed by atoms with Crippen LogP contribution in [0.5, 0.6) is 0 Å². The van der Waals surface area contributed by atoms with Crippen molar-refractivity contribution < 1.29 is 9.59 Å². The van der Waals surface area contributed by atoms with E-state index in [0.29, 0.717) is 6.54 Å². The van der Waals surface area contributed by atoms with Crippen molar-refractivity contribution >= 4 is 33.4 Å². The number of nitrogens with one attached hydrogen (secondary N) is 2. The van der Waals surface area contributed by atoms with E-state index in [-0.39, 0.29) is 18.2 Å². The van der Waals surface area contributed by atoms with E-state index in [0.717, 1.165) is 11.3 Å². The number of carbonyl (C=O) groups is 2. The quantitative estimate of drug-likeness (QED) is 0.817. The maximum atomic E-state index is 11.7.